The van der Waals surface area contributed by atoms with Crippen LogP contribution in [0, 0.1) is 5.92 Å². The average Bonchev–Trinajstić information content (AvgIpc) is 2.25. The maximum atomic E-state index is 13.7. The normalized spacial score (nSPS) is 19.1. The van der Waals surface area contributed by atoms with Crippen molar-refractivity contribution >= 4 is 0 Å². The number of alkyl halides is 1. The molecule has 0 saturated carbocycles. The molecule has 1 unspecified atom stereocenters. The molecule has 0 aromatic heterocycles. The summed E-state index contributed by atoms with van der Waals surface area (Å²) >= 11 is 0. The molecule has 1 rings (SSSR count). The van der Waals surface area contributed by atoms with Gasteiger partial charge in [-0.05, 0) is 44.6 Å². The van der Waals surface area contributed by atoms with E-state index in [-0.39, 0.29) is 0 Å². The molecular weight excluding hydrogens is 199 g/mol. The summed E-state index contributed by atoms with van der Waals surface area (Å²) in [5, 5.41) is 0. The van der Waals surface area contributed by atoms with Crippen molar-refractivity contribution in [3.63, 3.8) is 0 Å². The van der Waals surface area contributed by atoms with Crippen LogP contribution in [0.3, 0.4) is 0 Å². The number of unbranched alkanes of at least 4 members (excludes halogenated alkanes) is 1. The zero-order valence-corrected chi connectivity index (χ0v) is 11.1. The third-order valence-corrected chi connectivity index (χ3v) is 3.57. The largest absolute Gasteiger partial charge is 0.240 e. The van der Waals surface area contributed by atoms with Gasteiger partial charge in [0.15, 0.2) is 0 Å². The summed E-state index contributed by atoms with van der Waals surface area (Å²) < 4.78 is 13.7. The van der Waals surface area contributed by atoms with Crippen molar-refractivity contribution in [3.8, 4) is 0 Å². The fourth-order valence-electron chi connectivity index (χ4n) is 2.26. The molecule has 0 aliphatic heterocycles. The van der Waals surface area contributed by atoms with E-state index in [1.54, 1.807) is 13.8 Å². The standard InChI is InChI=1S/C15H25F/c1-5-6-7-12(2)13-8-10-14(11-9-13)15(3,4)16/h8,10,12H,5-7,9,11H2,1-4H3. The van der Waals surface area contributed by atoms with Crippen LogP contribution in [0.2, 0.25) is 0 Å². The maximum absolute atomic E-state index is 13.7. The first kappa shape index (κ1) is 13.5. The van der Waals surface area contributed by atoms with E-state index in [1.165, 1.54) is 24.8 Å². The Labute approximate surface area is 99.6 Å². The van der Waals surface area contributed by atoms with Gasteiger partial charge < -0.3 is 0 Å². The zero-order chi connectivity index (χ0) is 12.2. The molecule has 1 aliphatic carbocycles. The van der Waals surface area contributed by atoms with Crippen molar-refractivity contribution in [3.05, 3.63) is 23.3 Å². The second-order valence-electron chi connectivity index (χ2n) is 5.45. The first-order valence-electron chi connectivity index (χ1n) is 6.54. The molecule has 1 aliphatic rings. The Balaban J connectivity index is 2.60. The lowest BCUT2D eigenvalue weighted by Gasteiger charge is -2.25. The molecule has 0 heterocycles. The summed E-state index contributed by atoms with van der Waals surface area (Å²) in [7, 11) is 0. The van der Waals surface area contributed by atoms with Crippen LogP contribution in [0.15, 0.2) is 23.3 Å². The molecule has 0 nitrogen and oxygen atoms in total. The van der Waals surface area contributed by atoms with Crippen LogP contribution in [0.1, 0.15) is 59.8 Å². The maximum Gasteiger partial charge on any atom is 0.126 e. The van der Waals surface area contributed by atoms with Gasteiger partial charge in [-0.2, -0.15) is 0 Å². The molecule has 0 N–H and O–H groups in total. The zero-order valence-electron chi connectivity index (χ0n) is 11.1. The lowest BCUT2D eigenvalue weighted by atomic mass is 9.84. The predicted molar refractivity (Wildman–Crippen MR) is 69.3 cm³/mol. The Hall–Kier alpha value is -0.590. The Kier molecular flexibility index (Phi) is 4.76. The molecule has 16 heavy (non-hydrogen) atoms. The van der Waals surface area contributed by atoms with Crippen LogP contribution >= 0.6 is 0 Å². The summed E-state index contributed by atoms with van der Waals surface area (Å²) in [6.07, 6.45) is 9.92. The van der Waals surface area contributed by atoms with Gasteiger partial charge in [0.2, 0.25) is 0 Å². The van der Waals surface area contributed by atoms with Gasteiger partial charge in [-0.15, -0.1) is 0 Å². The Morgan fingerprint density at radius 3 is 2.44 bits per heavy atom. The number of rotatable bonds is 5. The Morgan fingerprint density at radius 2 is 2.00 bits per heavy atom. The van der Waals surface area contributed by atoms with E-state index in [4.69, 9.17) is 0 Å². The fraction of sp³-hybridized carbons (Fsp3) is 0.733. The smallest absolute Gasteiger partial charge is 0.126 e. The third kappa shape index (κ3) is 3.77. The van der Waals surface area contributed by atoms with Crippen LogP contribution in [0.5, 0.6) is 0 Å². The topological polar surface area (TPSA) is 0 Å². The third-order valence-electron chi connectivity index (χ3n) is 3.57. The monoisotopic (exact) mass is 224 g/mol. The highest BCUT2D eigenvalue weighted by molar-refractivity contribution is 5.29. The van der Waals surface area contributed by atoms with Gasteiger partial charge in [0.25, 0.3) is 0 Å². The molecule has 0 saturated heterocycles. The summed E-state index contributed by atoms with van der Waals surface area (Å²) in [5.74, 6) is 0.667. The van der Waals surface area contributed by atoms with E-state index in [9.17, 15) is 4.39 Å². The van der Waals surface area contributed by atoms with E-state index in [0.29, 0.717) is 5.92 Å². The number of halogens is 1. The highest BCUT2D eigenvalue weighted by Gasteiger charge is 2.24. The minimum absolute atomic E-state index is 0.667. The lowest BCUT2D eigenvalue weighted by molar-refractivity contribution is 0.260. The molecule has 0 spiro atoms. The molecule has 1 atom stereocenters. The molecule has 0 bridgehead atoms. The molecular formula is C15H25F. The van der Waals surface area contributed by atoms with Gasteiger partial charge >= 0.3 is 0 Å². The molecule has 0 aromatic rings. The Morgan fingerprint density at radius 1 is 1.31 bits per heavy atom. The SMILES string of the molecule is CCCCC(C)C1=CC=C(C(C)(C)F)CC1. The van der Waals surface area contributed by atoms with Crippen molar-refractivity contribution < 1.29 is 4.39 Å². The van der Waals surface area contributed by atoms with Gasteiger partial charge in [0.1, 0.15) is 5.67 Å². The van der Waals surface area contributed by atoms with E-state index in [1.807, 2.05) is 6.08 Å². The van der Waals surface area contributed by atoms with Gasteiger partial charge in [-0.1, -0.05) is 44.4 Å². The summed E-state index contributed by atoms with van der Waals surface area (Å²) in [6.45, 7) is 7.82. The van der Waals surface area contributed by atoms with Gasteiger partial charge in [-0.25, -0.2) is 4.39 Å². The van der Waals surface area contributed by atoms with Crippen LogP contribution in [-0.4, -0.2) is 5.67 Å². The van der Waals surface area contributed by atoms with Crippen molar-refractivity contribution in [1.82, 2.24) is 0 Å². The molecule has 0 fully saturated rings. The average molecular weight is 224 g/mol. The van der Waals surface area contributed by atoms with Crippen LogP contribution in [-0.2, 0) is 0 Å². The van der Waals surface area contributed by atoms with Crippen LogP contribution < -0.4 is 0 Å². The quantitative estimate of drug-likeness (QED) is 0.601. The second kappa shape index (κ2) is 5.65. The predicted octanol–water partition coefficient (Wildman–Crippen LogP) is 5.21. The molecule has 0 radical (unpaired) electrons. The van der Waals surface area contributed by atoms with E-state index in [0.717, 1.165) is 18.4 Å². The number of hydrogen-bond donors (Lipinski definition) is 0. The van der Waals surface area contributed by atoms with Crippen LogP contribution in [0.4, 0.5) is 4.39 Å². The summed E-state index contributed by atoms with van der Waals surface area (Å²) in [4.78, 5) is 0. The minimum Gasteiger partial charge on any atom is -0.240 e. The molecule has 1 heteroatoms. The molecule has 0 aromatic carbocycles. The van der Waals surface area contributed by atoms with E-state index in [2.05, 4.69) is 19.9 Å². The fourth-order valence-corrected chi connectivity index (χ4v) is 2.26. The van der Waals surface area contributed by atoms with E-state index >= 15 is 0 Å². The van der Waals surface area contributed by atoms with Gasteiger partial charge in [0, 0.05) is 0 Å². The Bertz CT molecular complexity index is 278. The first-order valence-corrected chi connectivity index (χ1v) is 6.54. The van der Waals surface area contributed by atoms with Gasteiger partial charge in [-0.3, -0.25) is 0 Å². The first-order chi connectivity index (χ1) is 7.45. The summed E-state index contributed by atoms with van der Waals surface area (Å²) in [6, 6.07) is 0. The summed E-state index contributed by atoms with van der Waals surface area (Å²) in [5.41, 5.74) is 1.30. The van der Waals surface area contributed by atoms with Crippen molar-refractivity contribution in [2.24, 2.45) is 5.92 Å². The van der Waals surface area contributed by atoms with Crippen molar-refractivity contribution in [2.75, 3.05) is 0 Å². The molecule has 92 valence electrons. The number of allylic oxidation sites excluding steroid dienone is 4. The minimum atomic E-state index is -1.14. The van der Waals surface area contributed by atoms with Crippen molar-refractivity contribution in [1.29, 1.82) is 0 Å². The van der Waals surface area contributed by atoms with Crippen LogP contribution in [0.25, 0.3) is 0 Å². The highest BCUT2D eigenvalue weighted by atomic mass is 19.1. The lowest BCUT2D eigenvalue weighted by Crippen LogP contribution is -2.18. The van der Waals surface area contributed by atoms with E-state index < -0.39 is 5.67 Å². The number of hydrogen-bond acceptors (Lipinski definition) is 0. The highest BCUT2D eigenvalue weighted by Crippen LogP contribution is 2.33. The second-order valence-corrected chi connectivity index (χ2v) is 5.45. The molecule has 0 amide bonds. The van der Waals surface area contributed by atoms with Crippen molar-refractivity contribution in [2.45, 2.75) is 65.5 Å². The van der Waals surface area contributed by atoms with Gasteiger partial charge in [0.05, 0.1) is 0 Å².